The van der Waals surface area contributed by atoms with Crippen molar-refractivity contribution >= 4 is 17.8 Å². The van der Waals surface area contributed by atoms with Crippen molar-refractivity contribution in [2.45, 2.75) is 0 Å². The molecule has 8 heteroatoms. The maximum absolute atomic E-state index is 11.2. The Morgan fingerprint density at radius 1 is 1.31 bits per heavy atom. The number of nitrogens with zero attached hydrogens (tertiary/aromatic N) is 1. The molecular weight excluding hydrogens is 218 g/mol. The molecule has 8 nitrogen and oxygen atoms in total. The van der Waals surface area contributed by atoms with Crippen LogP contribution in [0.5, 0.6) is 0 Å². The second-order valence-electron chi connectivity index (χ2n) is 2.74. The molecule has 86 valence electrons. The Morgan fingerprint density at radius 2 is 2.06 bits per heavy atom. The zero-order chi connectivity index (χ0) is 12.0. The lowest BCUT2D eigenvalue weighted by Crippen LogP contribution is -2.39. The minimum absolute atomic E-state index is 0.0473. The molecule has 1 aromatic rings. The normalized spacial score (nSPS) is 9.50. The molecule has 16 heavy (non-hydrogen) atoms. The van der Waals surface area contributed by atoms with E-state index in [4.69, 9.17) is 5.11 Å². The highest BCUT2D eigenvalue weighted by molar-refractivity contribution is 5.94. The highest BCUT2D eigenvalue weighted by Gasteiger charge is 2.10. The van der Waals surface area contributed by atoms with E-state index in [2.05, 4.69) is 20.3 Å². The molecular formula is C8H9N3O5. The van der Waals surface area contributed by atoms with Crippen LogP contribution in [0.3, 0.4) is 0 Å². The van der Waals surface area contributed by atoms with Crippen LogP contribution < -0.4 is 10.6 Å². The fraction of sp³-hybridized carbons (Fsp3) is 0.250. The lowest BCUT2D eigenvalue weighted by atomic mass is 10.4. The van der Waals surface area contributed by atoms with Gasteiger partial charge < -0.3 is 20.3 Å². The van der Waals surface area contributed by atoms with E-state index in [0.717, 1.165) is 0 Å². The van der Waals surface area contributed by atoms with Crippen molar-refractivity contribution in [3.05, 3.63) is 18.0 Å². The van der Waals surface area contributed by atoms with Gasteiger partial charge in [0.05, 0.1) is 6.54 Å². The number of carbonyl (C=O) groups excluding carboxylic acids is 2. The van der Waals surface area contributed by atoms with Gasteiger partial charge in [-0.05, 0) is 0 Å². The third kappa shape index (κ3) is 3.78. The fourth-order valence-electron chi connectivity index (χ4n) is 0.817. The Balaban J connectivity index is 2.27. The van der Waals surface area contributed by atoms with Gasteiger partial charge in [0.15, 0.2) is 5.69 Å². The molecule has 0 atom stereocenters. The van der Waals surface area contributed by atoms with Gasteiger partial charge in [-0.2, -0.15) is 0 Å². The first-order chi connectivity index (χ1) is 7.59. The third-order valence-electron chi connectivity index (χ3n) is 1.52. The van der Waals surface area contributed by atoms with Crippen molar-refractivity contribution in [3.63, 3.8) is 0 Å². The van der Waals surface area contributed by atoms with Crippen molar-refractivity contribution in [3.8, 4) is 0 Å². The van der Waals surface area contributed by atoms with E-state index < -0.39 is 24.3 Å². The molecule has 1 heterocycles. The molecule has 2 amide bonds. The van der Waals surface area contributed by atoms with Gasteiger partial charge in [0.2, 0.25) is 5.91 Å². The van der Waals surface area contributed by atoms with Crippen LogP contribution >= 0.6 is 0 Å². The van der Waals surface area contributed by atoms with Crippen LogP contribution in [0.15, 0.2) is 16.9 Å². The molecule has 0 spiro atoms. The summed E-state index contributed by atoms with van der Waals surface area (Å²) in [7, 11) is 0. The van der Waals surface area contributed by atoms with Gasteiger partial charge >= 0.3 is 5.97 Å². The Bertz CT molecular complexity index is 386. The predicted molar refractivity (Wildman–Crippen MR) is 49.5 cm³/mol. The summed E-state index contributed by atoms with van der Waals surface area (Å²) >= 11 is 0. The minimum atomic E-state index is -1.16. The van der Waals surface area contributed by atoms with Gasteiger partial charge in [0.1, 0.15) is 12.8 Å². The van der Waals surface area contributed by atoms with Gasteiger partial charge in [0.25, 0.3) is 5.91 Å². The monoisotopic (exact) mass is 227 g/mol. The summed E-state index contributed by atoms with van der Waals surface area (Å²) in [6, 6.07) is 1.34. The number of hydrogen-bond acceptors (Lipinski definition) is 5. The van der Waals surface area contributed by atoms with E-state index in [9.17, 15) is 14.4 Å². The summed E-state index contributed by atoms with van der Waals surface area (Å²) in [6.45, 7) is -0.808. The maximum Gasteiger partial charge on any atom is 0.322 e. The van der Waals surface area contributed by atoms with E-state index in [1.54, 1.807) is 0 Å². The lowest BCUT2D eigenvalue weighted by Gasteiger charge is -2.02. The quantitative estimate of drug-likeness (QED) is 0.569. The molecule has 0 aliphatic rings. The molecule has 0 fully saturated rings. The van der Waals surface area contributed by atoms with Gasteiger partial charge in [-0.3, -0.25) is 14.4 Å². The first-order valence-corrected chi connectivity index (χ1v) is 4.26. The summed E-state index contributed by atoms with van der Waals surface area (Å²) in [5.41, 5.74) is 0.0473. The summed E-state index contributed by atoms with van der Waals surface area (Å²) in [6.07, 6.45) is 1.22. The molecule has 0 aliphatic carbocycles. The second kappa shape index (κ2) is 5.49. The number of rotatable bonds is 5. The molecule has 0 unspecified atom stereocenters. The number of carboxylic acid groups (broad SMARTS) is 1. The summed E-state index contributed by atoms with van der Waals surface area (Å²) in [4.78, 5) is 32.3. The van der Waals surface area contributed by atoms with E-state index in [1.165, 1.54) is 12.3 Å². The van der Waals surface area contributed by atoms with Crippen LogP contribution in [0.1, 0.15) is 10.5 Å². The van der Waals surface area contributed by atoms with Gasteiger partial charge in [-0.15, -0.1) is 0 Å². The van der Waals surface area contributed by atoms with Crippen LogP contribution in [-0.2, 0) is 9.59 Å². The average Bonchev–Trinajstić information content (AvgIpc) is 2.76. The van der Waals surface area contributed by atoms with E-state index >= 15 is 0 Å². The van der Waals surface area contributed by atoms with Gasteiger partial charge in [0, 0.05) is 6.07 Å². The topological polar surface area (TPSA) is 122 Å². The van der Waals surface area contributed by atoms with Gasteiger partial charge in [-0.25, -0.2) is 0 Å². The number of nitrogens with one attached hydrogen (secondary N) is 2. The minimum Gasteiger partial charge on any atom is -0.480 e. The van der Waals surface area contributed by atoms with Crippen LogP contribution in [0.2, 0.25) is 0 Å². The van der Waals surface area contributed by atoms with E-state index in [-0.39, 0.29) is 12.2 Å². The summed E-state index contributed by atoms with van der Waals surface area (Å²) in [5, 5.41) is 15.9. The second-order valence-corrected chi connectivity index (χ2v) is 2.74. The molecule has 0 saturated carbocycles. The molecule has 0 radical (unpaired) electrons. The van der Waals surface area contributed by atoms with Crippen molar-refractivity contribution in [2.24, 2.45) is 0 Å². The molecule has 3 N–H and O–H groups in total. The Morgan fingerprint density at radius 3 is 2.62 bits per heavy atom. The van der Waals surface area contributed by atoms with Crippen molar-refractivity contribution < 1.29 is 24.0 Å². The average molecular weight is 227 g/mol. The van der Waals surface area contributed by atoms with Crippen LogP contribution in [0, 0.1) is 0 Å². The van der Waals surface area contributed by atoms with Crippen molar-refractivity contribution in [1.29, 1.82) is 0 Å². The zero-order valence-corrected chi connectivity index (χ0v) is 8.10. The summed E-state index contributed by atoms with van der Waals surface area (Å²) < 4.78 is 4.43. The smallest absolute Gasteiger partial charge is 0.322 e. The van der Waals surface area contributed by atoms with Crippen LogP contribution in [0.25, 0.3) is 0 Å². The Hall–Kier alpha value is -2.38. The number of carboxylic acids is 1. The number of aromatic nitrogens is 1. The predicted octanol–water partition coefficient (Wildman–Crippen LogP) is -1.39. The highest BCUT2D eigenvalue weighted by Crippen LogP contribution is 1.92. The van der Waals surface area contributed by atoms with Crippen LogP contribution in [0.4, 0.5) is 0 Å². The molecule has 0 aromatic carbocycles. The van der Waals surface area contributed by atoms with Crippen molar-refractivity contribution in [1.82, 2.24) is 15.8 Å². The number of carbonyl (C=O) groups is 3. The number of amides is 2. The fourth-order valence-corrected chi connectivity index (χ4v) is 0.817. The summed E-state index contributed by atoms with van der Waals surface area (Å²) in [5.74, 6) is -2.32. The Labute approximate surface area is 89.6 Å². The molecule has 1 rings (SSSR count). The van der Waals surface area contributed by atoms with E-state index in [0.29, 0.717) is 0 Å². The van der Waals surface area contributed by atoms with Crippen molar-refractivity contribution in [2.75, 3.05) is 13.1 Å². The number of aliphatic carboxylic acids is 1. The SMILES string of the molecule is O=C(O)CNC(=O)CNC(=O)c1ccon1. The van der Waals surface area contributed by atoms with E-state index in [1.807, 2.05) is 0 Å². The standard InChI is InChI=1S/C8H9N3O5/c12-6(9-4-7(13)14)3-10-8(15)5-1-2-16-11-5/h1-2H,3-4H2,(H,9,12)(H,10,15)(H,13,14). The molecule has 0 aliphatic heterocycles. The molecule has 0 bridgehead atoms. The first kappa shape index (κ1) is 11.7. The first-order valence-electron chi connectivity index (χ1n) is 4.26. The highest BCUT2D eigenvalue weighted by atomic mass is 16.5. The lowest BCUT2D eigenvalue weighted by molar-refractivity contribution is -0.137. The van der Waals surface area contributed by atoms with Crippen LogP contribution in [-0.4, -0.2) is 41.1 Å². The zero-order valence-electron chi connectivity index (χ0n) is 8.10. The maximum atomic E-state index is 11.2. The Kier molecular flexibility index (Phi) is 4.01. The largest absolute Gasteiger partial charge is 0.480 e. The number of hydrogen-bond donors (Lipinski definition) is 3. The van der Waals surface area contributed by atoms with Gasteiger partial charge in [-0.1, -0.05) is 5.16 Å². The molecule has 0 saturated heterocycles. The molecule has 1 aromatic heterocycles. The third-order valence-corrected chi connectivity index (χ3v) is 1.52.